The van der Waals surface area contributed by atoms with E-state index in [1.165, 1.54) is 19.3 Å². The van der Waals surface area contributed by atoms with Gasteiger partial charge in [-0.2, -0.15) is 0 Å². The summed E-state index contributed by atoms with van der Waals surface area (Å²) in [6.45, 7) is 8.08. The van der Waals surface area contributed by atoms with Crippen LogP contribution in [0.2, 0.25) is 6.04 Å². The van der Waals surface area contributed by atoms with Crippen molar-refractivity contribution < 1.29 is 13.3 Å². The van der Waals surface area contributed by atoms with Crippen molar-refractivity contribution >= 4 is 8.80 Å². The lowest BCUT2D eigenvalue weighted by Gasteiger charge is -2.30. The molecular weight excluding hydrogens is 244 g/mol. The summed E-state index contributed by atoms with van der Waals surface area (Å²) in [6.07, 6.45) is 9.47. The lowest BCUT2D eigenvalue weighted by Crippen LogP contribution is -2.46. The summed E-state index contributed by atoms with van der Waals surface area (Å²) in [5.41, 5.74) is 0. The highest BCUT2D eigenvalue weighted by Gasteiger charge is 2.40. The Morgan fingerprint density at radius 2 is 1.61 bits per heavy atom. The van der Waals surface area contributed by atoms with Crippen molar-refractivity contribution in [1.29, 1.82) is 0 Å². The highest BCUT2D eigenvalue weighted by molar-refractivity contribution is 6.60. The molecule has 1 aliphatic rings. The van der Waals surface area contributed by atoms with Crippen LogP contribution in [0.1, 0.15) is 46.5 Å². The van der Waals surface area contributed by atoms with Gasteiger partial charge in [-0.25, -0.2) is 0 Å². The van der Waals surface area contributed by atoms with Gasteiger partial charge in [0.1, 0.15) is 0 Å². The molecule has 0 aliphatic heterocycles. The second-order valence-corrected chi connectivity index (χ2v) is 7.40. The molecule has 4 heteroatoms. The topological polar surface area (TPSA) is 27.7 Å². The van der Waals surface area contributed by atoms with Crippen LogP contribution < -0.4 is 0 Å². The molecule has 0 fully saturated rings. The Morgan fingerprint density at radius 3 is 2.06 bits per heavy atom. The van der Waals surface area contributed by atoms with Crippen LogP contribution in [-0.4, -0.2) is 28.6 Å². The summed E-state index contributed by atoms with van der Waals surface area (Å²) in [6, 6.07) is 0.959. The van der Waals surface area contributed by atoms with E-state index in [-0.39, 0.29) is 0 Å². The number of rotatable bonds is 9. The molecule has 0 N–H and O–H groups in total. The molecular formula is C14H28O3Si. The molecule has 0 radical (unpaired) electrons. The smallest absolute Gasteiger partial charge is 0.374 e. The third kappa shape index (κ3) is 5.22. The summed E-state index contributed by atoms with van der Waals surface area (Å²) in [4.78, 5) is 0. The minimum absolute atomic E-state index is 0.677. The van der Waals surface area contributed by atoms with Crippen LogP contribution in [0.25, 0.3) is 0 Å². The van der Waals surface area contributed by atoms with Crippen LogP contribution in [0.3, 0.4) is 0 Å². The monoisotopic (exact) mass is 272 g/mol. The van der Waals surface area contributed by atoms with Gasteiger partial charge >= 0.3 is 8.80 Å². The molecule has 0 unspecified atom stereocenters. The molecule has 18 heavy (non-hydrogen) atoms. The normalized spacial score (nSPS) is 20.3. The zero-order chi connectivity index (χ0) is 13.3. The highest BCUT2D eigenvalue weighted by Crippen LogP contribution is 2.27. The SMILES string of the molecule is CCO[Si](CC[C@H]1CC=CCC1)(OCC)OCC. The maximum absolute atomic E-state index is 5.88. The van der Waals surface area contributed by atoms with Gasteiger partial charge in [0.2, 0.25) is 0 Å². The third-order valence-electron chi connectivity index (χ3n) is 3.33. The molecule has 0 aromatic rings. The Kier molecular flexibility index (Phi) is 7.82. The number of allylic oxidation sites excluding steroid dienone is 2. The first-order valence-electron chi connectivity index (χ1n) is 7.33. The predicted molar refractivity (Wildman–Crippen MR) is 76.5 cm³/mol. The van der Waals surface area contributed by atoms with Crippen molar-refractivity contribution in [2.24, 2.45) is 5.92 Å². The lowest BCUT2D eigenvalue weighted by molar-refractivity contribution is 0.0694. The summed E-state index contributed by atoms with van der Waals surface area (Å²) in [7, 11) is -2.40. The van der Waals surface area contributed by atoms with Crippen LogP contribution in [-0.2, 0) is 13.3 Å². The predicted octanol–water partition coefficient (Wildman–Crippen LogP) is 3.78. The Balaban J connectivity index is 2.49. The van der Waals surface area contributed by atoms with Crippen molar-refractivity contribution in [3.8, 4) is 0 Å². The Morgan fingerprint density at radius 1 is 1.00 bits per heavy atom. The summed E-state index contributed by atoms with van der Waals surface area (Å²) >= 11 is 0. The van der Waals surface area contributed by atoms with Crippen molar-refractivity contribution in [2.75, 3.05) is 19.8 Å². The molecule has 0 saturated heterocycles. The largest absolute Gasteiger partial charge is 0.500 e. The molecule has 0 aromatic carbocycles. The summed E-state index contributed by atoms with van der Waals surface area (Å²) in [5, 5.41) is 0. The summed E-state index contributed by atoms with van der Waals surface area (Å²) < 4.78 is 17.6. The van der Waals surface area contributed by atoms with Crippen LogP contribution in [0.15, 0.2) is 12.2 Å². The van der Waals surface area contributed by atoms with E-state index >= 15 is 0 Å². The van der Waals surface area contributed by atoms with Gasteiger partial charge in [0, 0.05) is 25.9 Å². The van der Waals surface area contributed by atoms with Crippen LogP contribution in [0.5, 0.6) is 0 Å². The molecule has 0 heterocycles. The van der Waals surface area contributed by atoms with Crippen molar-refractivity contribution in [3.63, 3.8) is 0 Å². The molecule has 106 valence electrons. The fourth-order valence-corrected chi connectivity index (χ4v) is 5.26. The summed E-state index contributed by atoms with van der Waals surface area (Å²) in [5.74, 6) is 0.781. The molecule has 0 bridgehead atoms. The fourth-order valence-electron chi connectivity index (χ4n) is 2.50. The molecule has 3 nitrogen and oxygen atoms in total. The highest BCUT2D eigenvalue weighted by atomic mass is 28.4. The second kappa shape index (κ2) is 8.86. The molecule has 1 atom stereocenters. The Bertz CT molecular complexity index is 226. The van der Waals surface area contributed by atoms with E-state index in [0.29, 0.717) is 19.8 Å². The van der Waals surface area contributed by atoms with E-state index in [1.54, 1.807) is 0 Å². The molecule has 0 aromatic heterocycles. The minimum Gasteiger partial charge on any atom is -0.374 e. The van der Waals surface area contributed by atoms with Gasteiger partial charge < -0.3 is 13.3 Å². The maximum atomic E-state index is 5.88. The van der Waals surface area contributed by atoms with Gasteiger partial charge in [0.05, 0.1) is 0 Å². The fraction of sp³-hybridized carbons (Fsp3) is 0.857. The molecule has 0 amide bonds. The first-order chi connectivity index (χ1) is 8.76. The first-order valence-corrected chi connectivity index (χ1v) is 9.26. The third-order valence-corrected chi connectivity index (χ3v) is 6.42. The quantitative estimate of drug-likeness (QED) is 0.472. The van der Waals surface area contributed by atoms with E-state index in [4.69, 9.17) is 13.3 Å². The van der Waals surface area contributed by atoms with E-state index < -0.39 is 8.80 Å². The Labute approximate surface area is 113 Å². The zero-order valence-corrected chi connectivity index (χ0v) is 13.1. The van der Waals surface area contributed by atoms with Crippen LogP contribution >= 0.6 is 0 Å². The lowest BCUT2D eigenvalue weighted by atomic mass is 9.92. The zero-order valence-electron chi connectivity index (χ0n) is 12.1. The van der Waals surface area contributed by atoms with Crippen molar-refractivity contribution in [1.82, 2.24) is 0 Å². The molecule has 0 saturated carbocycles. The average molecular weight is 272 g/mol. The first kappa shape index (κ1) is 15.9. The number of hydrogen-bond acceptors (Lipinski definition) is 3. The standard InChI is InChI=1S/C14H28O3Si/c1-4-15-18(16-5-2,17-6-3)13-12-14-10-8-7-9-11-14/h7-8,14H,4-6,9-13H2,1-3H3/t14-/m0/s1. The van der Waals surface area contributed by atoms with Gasteiger partial charge in [-0.15, -0.1) is 0 Å². The van der Waals surface area contributed by atoms with Gasteiger partial charge in [0.25, 0.3) is 0 Å². The average Bonchev–Trinajstić information content (AvgIpc) is 2.39. The van der Waals surface area contributed by atoms with Crippen molar-refractivity contribution in [2.45, 2.75) is 52.5 Å². The van der Waals surface area contributed by atoms with E-state index in [2.05, 4.69) is 12.2 Å². The maximum Gasteiger partial charge on any atom is 0.500 e. The molecule has 1 aliphatic carbocycles. The van der Waals surface area contributed by atoms with Gasteiger partial charge in [-0.3, -0.25) is 0 Å². The van der Waals surface area contributed by atoms with Gasteiger partial charge in [0.15, 0.2) is 0 Å². The van der Waals surface area contributed by atoms with Crippen LogP contribution in [0.4, 0.5) is 0 Å². The van der Waals surface area contributed by atoms with Crippen molar-refractivity contribution in [3.05, 3.63) is 12.2 Å². The van der Waals surface area contributed by atoms with E-state index in [9.17, 15) is 0 Å². The van der Waals surface area contributed by atoms with E-state index in [0.717, 1.165) is 18.4 Å². The second-order valence-electron chi connectivity index (χ2n) is 4.67. The number of hydrogen-bond donors (Lipinski definition) is 0. The van der Waals surface area contributed by atoms with Crippen LogP contribution in [0, 0.1) is 5.92 Å². The van der Waals surface area contributed by atoms with E-state index in [1.807, 2.05) is 20.8 Å². The molecule has 1 rings (SSSR count). The molecule has 0 spiro atoms. The van der Waals surface area contributed by atoms with Gasteiger partial charge in [-0.05, 0) is 52.4 Å². The van der Waals surface area contributed by atoms with Gasteiger partial charge in [-0.1, -0.05) is 12.2 Å². The minimum atomic E-state index is -2.40. The Hall–Kier alpha value is -0.163.